The predicted octanol–water partition coefficient (Wildman–Crippen LogP) is 2.72. The van der Waals surface area contributed by atoms with Crippen molar-refractivity contribution in [1.29, 1.82) is 0 Å². The minimum absolute atomic E-state index is 0.619. The molecule has 3 heteroatoms. The summed E-state index contributed by atoms with van der Waals surface area (Å²) >= 11 is 0. The topological polar surface area (TPSA) is 18.5 Å². The third kappa shape index (κ3) is 3.21. The summed E-state index contributed by atoms with van der Waals surface area (Å²) in [5, 5.41) is 3.65. The second-order valence-corrected chi connectivity index (χ2v) is 5.64. The van der Waals surface area contributed by atoms with Gasteiger partial charge in [0, 0.05) is 50.6 Å². The first kappa shape index (κ1) is 14.2. The maximum atomic E-state index is 3.65. The molecule has 106 valence electrons. The van der Waals surface area contributed by atoms with Gasteiger partial charge in [0.05, 0.1) is 0 Å². The lowest BCUT2D eigenvalue weighted by atomic mass is 10.0. The summed E-state index contributed by atoms with van der Waals surface area (Å²) in [6.07, 6.45) is 2.39. The molecular formula is C16H27N3. The minimum Gasteiger partial charge on any atom is -0.378 e. The Kier molecular flexibility index (Phi) is 4.70. The van der Waals surface area contributed by atoms with Crippen molar-refractivity contribution in [3.8, 4) is 0 Å². The number of rotatable bonds is 4. The molecule has 1 N–H and O–H groups in total. The number of hydrogen-bond donors (Lipinski definition) is 1. The molecule has 2 atom stereocenters. The van der Waals surface area contributed by atoms with Gasteiger partial charge in [-0.05, 0) is 37.1 Å². The largest absolute Gasteiger partial charge is 0.378 e. The summed E-state index contributed by atoms with van der Waals surface area (Å²) in [6.45, 7) is 6.76. The van der Waals surface area contributed by atoms with Gasteiger partial charge >= 0.3 is 0 Å². The van der Waals surface area contributed by atoms with E-state index in [1.54, 1.807) is 0 Å². The van der Waals surface area contributed by atoms with Crippen LogP contribution < -0.4 is 15.1 Å². The van der Waals surface area contributed by atoms with E-state index in [1.165, 1.54) is 24.2 Å². The highest BCUT2D eigenvalue weighted by Crippen LogP contribution is 2.24. The summed E-state index contributed by atoms with van der Waals surface area (Å²) < 4.78 is 0. The van der Waals surface area contributed by atoms with Crippen LogP contribution in [-0.2, 0) is 0 Å². The molecule has 3 nitrogen and oxygen atoms in total. The number of piperazine rings is 1. The van der Waals surface area contributed by atoms with Crippen LogP contribution in [0.25, 0.3) is 0 Å². The van der Waals surface area contributed by atoms with E-state index in [9.17, 15) is 0 Å². The Morgan fingerprint density at radius 2 is 1.84 bits per heavy atom. The Balaban J connectivity index is 2.16. The Labute approximate surface area is 117 Å². The molecule has 0 aliphatic carbocycles. The van der Waals surface area contributed by atoms with E-state index in [1.807, 2.05) is 0 Å². The molecule has 0 saturated carbocycles. The fourth-order valence-corrected chi connectivity index (χ4v) is 2.76. The molecule has 0 spiro atoms. The van der Waals surface area contributed by atoms with Crippen molar-refractivity contribution in [2.24, 2.45) is 0 Å². The van der Waals surface area contributed by atoms with Crippen LogP contribution in [0.2, 0.25) is 0 Å². The number of nitrogens with zero attached hydrogens (tertiary/aromatic N) is 2. The van der Waals surface area contributed by atoms with Crippen molar-refractivity contribution < 1.29 is 0 Å². The van der Waals surface area contributed by atoms with Gasteiger partial charge in [-0.1, -0.05) is 13.8 Å². The van der Waals surface area contributed by atoms with E-state index in [-0.39, 0.29) is 0 Å². The molecule has 19 heavy (non-hydrogen) atoms. The van der Waals surface area contributed by atoms with Crippen molar-refractivity contribution in [3.05, 3.63) is 24.3 Å². The highest BCUT2D eigenvalue weighted by Gasteiger charge is 2.25. The molecule has 1 saturated heterocycles. The molecule has 0 amide bonds. The fourth-order valence-electron chi connectivity index (χ4n) is 2.76. The van der Waals surface area contributed by atoms with E-state index in [2.05, 4.69) is 67.3 Å². The van der Waals surface area contributed by atoms with Crippen LogP contribution in [-0.4, -0.2) is 39.3 Å². The van der Waals surface area contributed by atoms with E-state index in [4.69, 9.17) is 0 Å². The molecular weight excluding hydrogens is 234 g/mol. The maximum Gasteiger partial charge on any atom is 0.0412 e. The predicted molar refractivity (Wildman–Crippen MR) is 84.3 cm³/mol. The molecule has 1 aliphatic rings. The second-order valence-electron chi connectivity index (χ2n) is 5.64. The van der Waals surface area contributed by atoms with Gasteiger partial charge in [-0.25, -0.2) is 0 Å². The number of anilines is 2. The van der Waals surface area contributed by atoms with Crippen LogP contribution in [0, 0.1) is 0 Å². The number of benzene rings is 1. The zero-order valence-electron chi connectivity index (χ0n) is 12.7. The monoisotopic (exact) mass is 261 g/mol. The third-order valence-electron chi connectivity index (χ3n) is 4.16. The standard InChI is InChI=1S/C16H27N3/c1-5-13-12-19(14(6-2)11-17-13)16-9-7-15(8-10-16)18(3)4/h7-10,13-14,17H,5-6,11-12H2,1-4H3. The van der Waals surface area contributed by atoms with Crippen LogP contribution in [0.1, 0.15) is 26.7 Å². The van der Waals surface area contributed by atoms with Gasteiger partial charge in [0.1, 0.15) is 0 Å². The van der Waals surface area contributed by atoms with E-state index >= 15 is 0 Å². The normalized spacial score (nSPS) is 23.5. The molecule has 1 aromatic carbocycles. The van der Waals surface area contributed by atoms with Gasteiger partial charge in [-0.2, -0.15) is 0 Å². The second kappa shape index (κ2) is 6.29. The summed E-state index contributed by atoms with van der Waals surface area (Å²) in [4.78, 5) is 4.72. The lowest BCUT2D eigenvalue weighted by Gasteiger charge is -2.41. The van der Waals surface area contributed by atoms with Crippen molar-refractivity contribution in [2.75, 3.05) is 37.0 Å². The fraction of sp³-hybridized carbons (Fsp3) is 0.625. The van der Waals surface area contributed by atoms with Gasteiger partial charge in [-0.15, -0.1) is 0 Å². The zero-order valence-corrected chi connectivity index (χ0v) is 12.7. The van der Waals surface area contributed by atoms with E-state index < -0.39 is 0 Å². The smallest absolute Gasteiger partial charge is 0.0412 e. The van der Waals surface area contributed by atoms with Crippen molar-refractivity contribution in [2.45, 2.75) is 38.8 Å². The van der Waals surface area contributed by atoms with E-state index in [0.29, 0.717) is 12.1 Å². The SMILES string of the molecule is CCC1CN(c2ccc(N(C)C)cc2)C(CC)CN1. The van der Waals surface area contributed by atoms with Crippen LogP contribution in [0.15, 0.2) is 24.3 Å². The molecule has 1 aromatic rings. The first-order valence-corrected chi connectivity index (χ1v) is 7.43. The Morgan fingerprint density at radius 3 is 2.37 bits per heavy atom. The molecule has 1 fully saturated rings. The van der Waals surface area contributed by atoms with Crippen molar-refractivity contribution in [3.63, 3.8) is 0 Å². The summed E-state index contributed by atoms with van der Waals surface area (Å²) in [7, 11) is 4.17. The number of nitrogens with one attached hydrogen (secondary N) is 1. The van der Waals surface area contributed by atoms with Crippen LogP contribution in [0.4, 0.5) is 11.4 Å². The highest BCUT2D eigenvalue weighted by molar-refractivity contribution is 5.56. The molecule has 1 heterocycles. The first-order chi connectivity index (χ1) is 9.15. The van der Waals surface area contributed by atoms with Crippen LogP contribution in [0.5, 0.6) is 0 Å². The summed E-state index contributed by atoms with van der Waals surface area (Å²) in [5.41, 5.74) is 2.62. The lowest BCUT2D eigenvalue weighted by molar-refractivity contribution is 0.379. The molecule has 2 unspecified atom stereocenters. The minimum atomic E-state index is 0.619. The van der Waals surface area contributed by atoms with Crippen LogP contribution in [0.3, 0.4) is 0 Å². The highest BCUT2D eigenvalue weighted by atomic mass is 15.2. The Bertz CT molecular complexity index is 385. The Morgan fingerprint density at radius 1 is 1.16 bits per heavy atom. The van der Waals surface area contributed by atoms with Crippen molar-refractivity contribution >= 4 is 11.4 Å². The lowest BCUT2D eigenvalue weighted by Crippen LogP contribution is -2.56. The van der Waals surface area contributed by atoms with Gasteiger partial charge < -0.3 is 15.1 Å². The molecule has 0 bridgehead atoms. The molecule has 2 rings (SSSR count). The maximum absolute atomic E-state index is 3.65. The first-order valence-electron chi connectivity index (χ1n) is 7.43. The molecule has 0 radical (unpaired) electrons. The number of hydrogen-bond acceptors (Lipinski definition) is 3. The molecule has 0 aromatic heterocycles. The average molecular weight is 261 g/mol. The van der Waals surface area contributed by atoms with Crippen molar-refractivity contribution in [1.82, 2.24) is 5.32 Å². The molecule has 1 aliphatic heterocycles. The summed E-state index contributed by atoms with van der Waals surface area (Å²) in [5.74, 6) is 0. The summed E-state index contributed by atoms with van der Waals surface area (Å²) in [6, 6.07) is 10.2. The third-order valence-corrected chi connectivity index (χ3v) is 4.16. The Hall–Kier alpha value is -1.22. The van der Waals surface area contributed by atoms with Gasteiger partial charge in [0.25, 0.3) is 0 Å². The quantitative estimate of drug-likeness (QED) is 0.899. The van der Waals surface area contributed by atoms with Crippen LogP contribution >= 0.6 is 0 Å². The average Bonchev–Trinajstić information content (AvgIpc) is 2.46. The zero-order chi connectivity index (χ0) is 13.8. The van der Waals surface area contributed by atoms with Gasteiger partial charge in [0.15, 0.2) is 0 Å². The van der Waals surface area contributed by atoms with Gasteiger partial charge in [0.2, 0.25) is 0 Å². The van der Waals surface area contributed by atoms with E-state index in [0.717, 1.165) is 13.1 Å². The van der Waals surface area contributed by atoms with Gasteiger partial charge in [-0.3, -0.25) is 0 Å².